The average molecular weight is 395 g/mol. The van der Waals surface area contributed by atoms with Crippen LogP contribution in [0.1, 0.15) is 0 Å². The van der Waals surface area contributed by atoms with Gasteiger partial charge in [-0.15, -0.1) is 0 Å². The first-order valence-corrected chi connectivity index (χ1v) is 9.08. The Kier molecular flexibility index (Phi) is 8.45. The zero-order valence-electron chi connectivity index (χ0n) is 14.5. The molecule has 1 aromatic heterocycles. The van der Waals surface area contributed by atoms with Gasteiger partial charge in [0.1, 0.15) is 0 Å². The van der Waals surface area contributed by atoms with Gasteiger partial charge in [-0.2, -0.15) is 0 Å². The van der Waals surface area contributed by atoms with Gasteiger partial charge in [-0.1, -0.05) is 36.4 Å². The van der Waals surface area contributed by atoms with E-state index in [4.69, 9.17) is 13.9 Å². The van der Waals surface area contributed by atoms with Gasteiger partial charge in [-0.05, 0) is 12.1 Å². The minimum absolute atomic E-state index is 0.0160. The van der Waals surface area contributed by atoms with Crippen molar-refractivity contribution >= 4 is 21.8 Å². The van der Waals surface area contributed by atoms with Crippen LogP contribution in [0.25, 0.3) is 21.8 Å². The predicted octanol–water partition coefficient (Wildman–Crippen LogP) is 1.32. The van der Waals surface area contributed by atoms with E-state index < -0.39 is 6.10 Å². The van der Waals surface area contributed by atoms with Crippen molar-refractivity contribution in [1.82, 2.24) is 9.47 Å². The molecule has 3 N–H and O–H groups in total. The Morgan fingerprint density at radius 1 is 0.885 bits per heavy atom. The van der Waals surface area contributed by atoms with Crippen LogP contribution in [-0.4, -0.2) is 63.7 Å². The molecule has 1 heterocycles. The molecule has 1 unspecified atom stereocenters. The summed E-state index contributed by atoms with van der Waals surface area (Å²) >= 11 is 1.06. The molecule has 3 rings (SSSR count). The molecular weight excluding hydrogens is 371 g/mol. The topological polar surface area (TPSA) is 85.9 Å². The van der Waals surface area contributed by atoms with Crippen molar-refractivity contribution in [3.05, 3.63) is 48.5 Å². The van der Waals surface area contributed by atoms with Crippen molar-refractivity contribution in [2.24, 2.45) is 0 Å². The molecule has 0 saturated heterocycles. The van der Waals surface area contributed by atoms with Crippen LogP contribution in [0, 0.1) is 0 Å². The number of hydrogen-bond donors (Lipinski definition) is 3. The average Bonchev–Trinajstić information content (AvgIpc) is 2.98. The van der Waals surface area contributed by atoms with Gasteiger partial charge in [-0.3, -0.25) is 4.90 Å². The Morgan fingerprint density at radius 3 is 1.81 bits per heavy atom. The Balaban J connectivity index is 0.00000117. The van der Waals surface area contributed by atoms with Crippen molar-refractivity contribution in [2.45, 2.75) is 12.6 Å². The second-order valence-electron chi connectivity index (χ2n) is 6.05. The van der Waals surface area contributed by atoms with Crippen molar-refractivity contribution in [1.29, 1.82) is 0 Å². The molecular formula is C19H24N2O4V. The summed E-state index contributed by atoms with van der Waals surface area (Å²) in [7, 11) is 0. The van der Waals surface area contributed by atoms with Crippen molar-refractivity contribution in [2.75, 3.05) is 32.8 Å². The molecule has 139 valence electrons. The van der Waals surface area contributed by atoms with Crippen molar-refractivity contribution in [3.8, 4) is 0 Å². The summed E-state index contributed by atoms with van der Waals surface area (Å²) in [6.07, 6.45) is -0.581. The number of aliphatic hydroxyl groups excluding tert-OH is 3. The molecule has 3 aromatic rings. The molecule has 0 aliphatic heterocycles. The summed E-state index contributed by atoms with van der Waals surface area (Å²) in [6.45, 7) is 1.82. The third-order valence-corrected chi connectivity index (χ3v) is 4.37. The third-order valence-electron chi connectivity index (χ3n) is 4.37. The van der Waals surface area contributed by atoms with Gasteiger partial charge in [0, 0.05) is 41.4 Å². The Hall–Kier alpha value is -1.54. The van der Waals surface area contributed by atoms with Gasteiger partial charge in [0.25, 0.3) is 0 Å². The quantitative estimate of drug-likeness (QED) is 0.536. The zero-order valence-corrected chi connectivity index (χ0v) is 15.9. The van der Waals surface area contributed by atoms with E-state index in [1.807, 2.05) is 29.2 Å². The number of benzene rings is 2. The first-order chi connectivity index (χ1) is 12.7. The predicted molar refractivity (Wildman–Crippen MR) is 96.7 cm³/mol. The zero-order chi connectivity index (χ0) is 18.9. The van der Waals surface area contributed by atoms with Crippen LogP contribution in [0.15, 0.2) is 48.5 Å². The summed E-state index contributed by atoms with van der Waals surface area (Å²) in [5.41, 5.74) is 2.21. The fraction of sp³-hybridized carbons (Fsp3) is 0.368. The number of para-hydroxylation sites is 2. The van der Waals surface area contributed by atoms with E-state index in [-0.39, 0.29) is 13.2 Å². The molecule has 2 aromatic carbocycles. The van der Waals surface area contributed by atoms with E-state index in [2.05, 4.69) is 28.8 Å². The van der Waals surface area contributed by atoms with E-state index in [0.717, 1.165) is 28.4 Å². The van der Waals surface area contributed by atoms with Gasteiger partial charge in [0.2, 0.25) is 0 Å². The van der Waals surface area contributed by atoms with Crippen LogP contribution in [0.5, 0.6) is 0 Å². The van der Waals surface area contributed by atoms with E-state index in [1.54, 1.807) is 0 Å². The summed E-state index contributed by atoms with van der Waals surface area (Å²) in [4.78, 5) is 1.87. The van der Waals surface area contributed by atoms with Crippen LogP contribution in [0.2, 0.25) is 0 Å². The van der Waals surface area contributed by atoms with E-state index in [9.17, 15) is 5.11 Å². The first kappa shape index (κ1) is 20.8. The van der Waals surface area contributed by atoms with Crippen LogP contribution in [0.4, 0.5) is 0 Å². The molecule has 1 atom stereocenters. The Bertz CT molecular complexity index is 764. The van der Waals surface area contributed by atoms with E-state index in [0.29, 0.717) is 26.2 Å². The van der Waals surface area contributed by atoms with Gasteiger partial charge in [0.05, 0.1) is 25.9 Å². The van der Waals surface area contributed by atoms with Crippen LogP contribution in [0.3, 0.4) is 0 Å². The molecule has 0 spiro atoms. The summed E-state index contributed by atoms with van der Waals surface area (Å²) < 4.78 is 10.3. The molecule has 0 saturated carbocycles. The molecule has 6 nitrogen and oxygen atoms in total. The first-order valence-electron chi connectivity index (χ1n) is 8.51. The maximum absolute atomic E-state index is 10.5. The van der Waals surface area contributed by atoms with E-state index in [1.165, 1.54) is 10.8 Å². The monoisotopic (exact) mass is 395 g/mol. The maximum atomic E-state index is 10.5. The van der Waals surface area contributed by atoms with Crippen molar-refractivity contribution in [3.63, 3.8) is 0 Å². The normalized spacial score (nSPS) is 12.3. The van der Waals surface area contributed by atoms with Crippen LogP contribution < -0.4 is 0 Å². The Labute approximate surface area is 161 Å². The number of aromatic nitrogens is 1. The SMILES string of the molecule is OCCN(CCO)CC(O)Cn1c2ccccc2c2ccccc21.[O]=[V]. The second kappa shape index (κ2) is 10.6. The summed E-state index contributed by atoms with van der Waals surface area (Å²) in [5.74, 6) is 0. The molecule has 0 bridgehead atoms. The van der Waals surface area contributed by atoms with E-state index >= 15 is 0 Å². The molecule has 0 amide bonds. The number of fused-ring (bicyclic) bond motifs is 3. The summed E-state index contributed by atoms with van der Waals surface area (Å²) in [6, 6.07) is 16.4. The Morgan fingerprint density at radius 2 is 1.35 bits per heavy atom. The van der Waals surface area contributed by atoms with Crippen LogP contribution >= 0.6 is 0 Å². The fourth-order valence-electron chi connectivity index (χ4n) is 3.34. The summed E-state index contributed by atoms with van der Waals surface area (Å²) in [5, 5.41) is 31.1. The molecule has 0 aliphatic rings. The molecule has 7 heteroatoms. The molecule has 0 fully saturated rings. The van der Waals surface area contributed by atoms with Gasteiger partial charge >= 0.3 is 21.0 Å². The van der Waals surface area contributed by atoms with Gasteiger partial charge in [-0.25, -0.2) is 0 Å². The number of nitrogens with zero attached hydrogens (tertiary/aromatic N) is 2. The molecule has 0 radical (unpaired) electrons. The minimum atomic E-state index is -0.581. The molecule has 26 heavy (non-hydrogen) atoms. The number of rotatable bonds is 8. The standard InChI is InChI=1S/C19H24N2O3.O.V/c22-11-9-20(10-12-23)13-15(24)14-21-18-7-3-1-5-16(18)17-6-2-4-8-19(17)21;;/h1-8,15,22-24H,9-14H2;;. The number of aliphatic hydroxyl groups is 3. The third kappa shape index (κ3) is 4.79. The van der Waals surface area contributed by atoms with Crippen molar-refractivity contribution < 1.29 is 36.4 Å². The molecule has 0 aliphatic carbocycles. The second-order valence-corrected chi connectivity index (χ2v) is 6.05. The van der Waals surface area contributed by atoms with Crippen LogP contribution in [-0.2, 0) is 27.6 Å². The number of hydrogen-bond acceptors (Lipinski definition) is 5. The fourth-order valence-corrected chi connectivity index (χ4v) is 3.34. The van der Waals surface area contributed by atoms with Gasteiger partial charge in [0.15, 0.2) is 0 Å². The van der Waals surface area contributed by atoms with Gasteiger partial charge < -0.3 is 19.9 Å².